The highest BCUT2D eigenvalue weighted by Gasteiger charge is 2.54. The first-order valence-electron chi connectivity index (χ1n) is 8.50. The van der Waals surface area contributed by atoms with Crippen molar-refractivity contribution in [2.24, 2.45) is 0 Å². The Bertz CT molecular complexity index is 787. The van der Waals surface area contributed by atoms with Crippen molar-refractivity contribution in [1.82, 2.24) is 15.1 Å². The minimum Gasteiger partial charge on any atom is -0.377 e. The maximum atomic E-state index is 13.5. The van der Waals surface area contributed by atoms with Crippen molar-refractivity contribution in [3.05, 3.63) is 38.8 Å². The Morgan fingerprint density at radius 1 is 1.58 bits per heavy atom. The topological polar surface area (TPSA) is 61.4 Å². The maximum absolute atomic E-state index is 13.5. The van der Waals surface area contributed by atoms with E-state index < -0.39 is 24.2 Å². The Balaban J connectivity index is 1.61. The maximum Gasteiger partial charge on any atom is 0.273 e. The fourth-order valence-corrected chi connectivity index (χ4v) is 5.51. The van der Waals surface area contributed by atoms with Gasteiger partial charge in [-0.25, -0.2) is 8.78 Å². The number of likely N-dealkylation sites (tertiary alicyclic amines) is 1. The van der Waals surface area contributed by atoms with Crippen LogP contribution in [0.15, 0.2) is 18.5 Å². The number of rotatable bonds is 3. The highest BCUT2D eigenvalue weighted by Crippen LogP contribution is 2.53. The highest BCUT2D eigenvalue weighted by atomic mass is 35.5. The molecule has 0 saturated carbocycles. The van der Waals surface area contributed by atoms with E-state index >= 15 is 0 Å². The average Bonchev–Trinajstić information content (AvgIpc) is 3.24. The zero-order valence-electron chi connectivity index (χ0n) is 14.2. The lowest BCUT2D eigenvalue weighted by Gasteiger charge is -2.49. The predicted octanol–water partition coefficient (Wildman–Crippen LogP) is 3.49. The van der Waals surface area contributed by atoms with Crippen molar-refractivity contribution < 1.29 is 18.6 Å². The van der Waals surface area contributed by atoms with Crippen molar-refractivity contribution >= 4 is 22.9 Å². The molecule has 2 aliphatic heterocycles. The number of piperidine rings is 1. The van der Waals surface area contributed by atoms with E-state index in [1.165, 1.54) is 17.4 Å². The lowest BCUT2D eigenvalue weighted by atomic mass is 9.78. The van der Waals surface area contributed by atoms with E-state index in [1.54, 1.807) is 6.20 Å². The number of aromatic nitrogens is 2. The fraction of sp³-hybridized carbons (Fsp3) is 0.588. The summed E-state index contributed by atoms with van der Waals surface area (Å²) in [5, 5.41) is 17.3. The molecule has 0 bridgehead atoms. The molecule has 5 nitrogen and oxygen atoms in total. The van der Waals surface area contributed by atoms with Crippen molar-refractivity contribution in [1.29, 1.82) is 0 Å². The fourth-order valence-electron chi connectivity index (χ4n) is 4.02. The van der Waals surface area contributed by atoms with Gasteiger partial charge in [-0.1, -0.05) is 11.6 Å². The number of ether oxygens (including phenoxy) is 1. The third-order valence-electron chi connectivity index (χ3n) is 5.50. The molecule has 3 atom stereocenters. The van der Waals surface area contributed by atoms with Gasteiger partial charge in [-0.05, 0) is 25.8 Å². The summed E-state index contributed by atoms with van der Waals surface area (Å²) in [5.41, 5.74) is -1.63. The minimum absolute atomic E-state index is 0.185. The monoisotopic (exact) mass is 403 g/mol. The molecule has 2 N–H and O–H groups in total. The van der Waals surface area contributed by atoms with E-state index in [0.29, 0.717) is 22.1 Å². The molecule has 2 aliphatic rings. The van der Waals surface area contributed by atoms with E-state index in [0.717, 1.165) is 18.7 Å². The molecule has 26 heavy (non-hydrogen) atoms. The number of thiophene rings is 1. The van der Waals surface area contributed by atoms with Gasteiger partial charge in [0.25, 0.3) is 6.43 Å². The van der Waals surface area contributed by atoms with Gasteiger partial charge in [0.05, 0.1) is 17.1 Å². The first-order chi connectivity index (χ1) is 12.3. The summed E-state index contributed by atoms with van der Waals surface area (Å²) in [6.45, 7) is 3.22. The molecule has 4 heterocycles. The zero-order valence-corrected chi connectivity index (χ0v) is 15.8. The first kappa shape index (κ1) is 18.3. The number of nitrogens with one attached hydrogen (secondary N) is 1. The van der Waals surface area contributed by atoms with Crippen molar-refractivity contribution in [3.8, 4) is 0 Å². The second kappa shape index (κ2) is 6.53. The number of halogens is 3. The number of alkyl halides is 2. The molecule has 0 amide bonds. The number of nitrogens with zero attached hydrogens (tertiary/aromatic N) is 2. The lowest BCUT2D eigenvalue weighted by molar-refractivity contribution is -0.210. The Labute approximate surface area is 158 Å². The summed E-state index contributed by atoms with van der Waals surface area (Å²) in [5.74, 6) is 0. The number of aromatic amines is 1. The molecular formula is C17H20ClF2N3O2S. The van der Waals surface area contributed by atoms with Crippen LogP contribution in [0.4, 0.5) is 8.78 Å². The molecule has 1 saturated heterocycles. The molecule has 9 heteroatoms. The molecule has 0 radical (unpaired) electrons. The van der Waals surface area contributed by atoms with Crippen LogP contribution in [0.2, 0.25) is 4.34 Å². The normalized spacial score (nSPS) is 32.3. The summed E-state index contributed by atoms with van der Waals surface area (Å²) in [6, 6.07) is 1.66. The van der Waals surface area contributed by atoms with Gasteiger partial charge in [-0.2, -0.15) is 5.10 Å². The third-order valence-corrected chi connectivity index (χ3v) is 6.95. The SMILES string of the molecule is C[C@H]1C[C@@]2(CCN1Cc1cn[nH]c1)OC[C@](O)(C(F)F)c1cc(Cl)sc12. The molecule has 2 aromatic heterocycles. The third kappa shape index (κ3) is 2.88. The molecule has 0 aliphatic carbocycles. The van der Waals surface area contributed by atoms with Gasteiger partial charge in [0, 0.05) is 41.3 Å². The average molecular weight is 404 g/mol. The zero-order chi connectivity index (χ0) is 18.5. The Morgan fingerprint density at radius 2 is 2.38 bits per heavy atom. The number of hydrogen-bond acceptors (Lipinski definition) is 5. The van der Waals surface area contributed by atoms with Gasteiger partial charge in [-0.3, -0.25) is 10.00 Å². The molecule has 142 valence electrons. The van der Waals surface area contributed by atoms with Gasteiger partial charge >= 0.3 is 0 Å². The van der Waals surface area contributed by atoms with Gasteiger partial charge in [0.2, 0.25) is 0 Å². The number of fused-ring (bicyclic) bond motifs is 2. The molecular weight excluding hydrogens is 384 g/mol. The largest absolute Gasteiger partial charge is 0.377 e. The molecule has 0 aromatic carbocycles. The second-order valence-corrected chi connectivity index (χ2v) is 8.86. The van der Waals surface area contributed by atoms with E-state index in [9.17, 15) is 13.9 Å². The van der Waals surface area contributed by atoms with Crippen molar-refractivity contribution in [2.45, 2.75) is 50.0 Å². The Morgan fingerprint density at radius 3 is 3.04 bits per heavy atom. The molecule has 4 rings (SSSR count). The number of H-pyrrole nitrogens is 1. The van der Waals surface area contributed by atoms with E-state index in [-0.39, 0.29) is 11.6 Å². The van der Waals surface area contributed by atoms with Gasteiger partial charge in [0.1, 0.15) is 5.60 Å². The standard InChI is InChI=1S/C17H20ClF2N3O2S/c1-10-5-16(2-3-23(10)8-11-6-21-22-7-11)14-12(4-13(18)26-14)17(24,9-25-16)15(19)20/h4,6-7,10,15,24H,2-3,5,8-9H2,1H3,(H,21,22)/t10-,16+,17+/m0/s1. The predicted molar refractivity (Wildman–Crippen MR) is 94.6 cm³/mol. The van der Waals surface area contributed by atoms with Crippen LogP contribution >= 0.6 is 22.9 Å². The van der Waals surface area contributed by atoms with E-state index in [1.807, 2.05) is 6.20 Å². The Kier molecular flexibility index (Phi) is 4.60. The Hall–Kier alpha value is -1.06. The van der Waals surface area contributed by atoms with Gasteiger partial charge in [-0.15, -0.1) is 11.3 Å². The van der Waals surface area contributed by atoms with Gasteiger partial charge in [0.15, 0.2) is 5.60 Å². The van der Waals surface area contributed by atoms with Crippen LogP contribution in [0.25, 0.3) is 0 Å². The molecule has 0 unspecified atom stereocenters. The number of hydrogen-bond donors (Lipinski definition) is 2. The summed E-state index contributed by atoms with van der Waals surface area (Å²) >= 11 is 7.37. The van der Waals surface area contributed by atoms with Crippen molar-refractivity contribution in [2.75, 3.05) is 13.2 Å². The van der Waals surface area contributed by atoms with Crippen LogP contribution in [-0.4, -0.2) is 45.8 Å². The molecule has 2 aromatic rings. The van der Waals surface area contributed by atoms with E-state index in [2.05, 4.69) is 22.0 Å². The van der Waals surface area contributed by atoms with Crippen LogP contribution in [-0.2, 0) is 22.5 Å². The van der Waals surface area contributed by atoms with Crippen LogP contribution in [0.5, 0.6) is 0 Å². The summed E-state index contributed by atoms with van der Waals surface area (Å²) in [7, 11) is 0. The minimum atomic E-state index is -2.93. The van der Waals surface area contributed by atoms with Gasteiger partial charge < -0.3 is 9.84 Å². The van der Waals surface area contributed by atoms with Crippen LogP contribution in [0.1, 0.15) is 35.8 Å². The smallest absolute Gasteiger partial charge is 0.273 e. The van der Waals surface area contributed by atoms with Crippen LogP contribution < -0.4 is 0 Å². The van der Waals surface area contributed by atoms with Crippen LogP contribution in [0.3, 0.4) is 0 Å². The first-order valence-corrected chi connectivity index (χ1v) is 9.70. The van der Waals surface area contributed by atoms with Crippen LogP contribution in [0, 0.1) is 0 Å². The molecule has 1 spiro atoms. The summed E-state index contributed by atoms with van der Waals surface area (Å²) in [4.78, 5) is 2.97. The quantitative estimate of drug-likeness (QED) is 0.823. The van der Waals surface area contributed by atoms with E-state index in [4.69, 9.17) is 16.3 Å². The number of aliphatic hydroxyl groups is 1. The van der Waals surface area contributed by atoms with Crippen molar-refractivity contribution in [3.63, 3.8) is 0 Å². The lowest BCUT2D eigenvalue weighted by Crippen LogP contribution is -2.54. The summed E-state index contributed by atoms with van der Waals surface area (Å²) in [6.07, 6.45) is 2.07. The highest BCUT2D eigenvalue weighted by molar-refractivity contribution is 7.16. The molecule has 1 fully saturated rings. The summed E-state index contributed by atoms with van der Waals surface area (Å²) < 4.78 is 33.4. The second-order valence-electron chi connectivity index (χ2n) is 7.18.